The van der Waals surface area contributed by atoms with Gasteiger partial charge in [0.15, 0.2) is 0 Å². The molecular weight excluding hydrogens is 276 g/mol. The lowest BCUT2D eigenvalue weighted by molar-refractivity contribution is -0.121. The second-order valence-electron chi connectivity index (χ2n) is 5.68. The van der Waals surface area contributed by atoms with Crippen LogP contribution in [0.2, 0.25) is 0 Å². The lowest BCUT2D eigenvalue weighted by Gasteiger charge is -2.08. The summed E-state index contributed by atoms with van der Waals surface area (Å²) in [6, 6.07) is 10.5. The Morgan fingerprint density at radius 2 is 2.00 bits per heavy atom. The summed E-state index contributed by atoms with van der Waals surface area (Å²) in [4.78, 5) is 11.5. The maximum Gasteiger partial charge on any atom is 0.221 e. The molecule has 2 aromatic rings. The molecule has 0 atom stereocenters. The van der Waals surface area contributed by atoms with Crippen LogP contribution in [0, 0.1) is 0 Å². The Labute approximate surface area is 131 Å². The molecule has 0 saturated carbocycles. The first-order chi connectivity index (χ1) is 10.6. The number of nitrogens with one attached hydrogen (secondary N) is 2. The molecule has 1 aromatic heterocycles. The number of hydrogen-bond acceptors (Lipinski definition) is 3. The van der Waals surface area contributed by atoms with E-state index in [2.05, 4.69) is 27.9 Å². The molecule has 0 bridgehead atoms. The quantitative estimate of drug-likeness (QED) is 0.733. The van der Waals surface area contributed by atoms with Gasteiger partial charge in [0.1, 0.15) is 0 Å². The van der Waals surface area contributed by atoms with Gasteiger partial charge in [-0.3, -0.25) is 9.48 Å². The van der Waals surface area contributed by atoms with E-state index in [1.165, 1.54) is 5.56 Å². The molecular formula is C17H24N4O. The molecule has 0 fully saturated rings. The molecule has 2 rings (SSSR count). The van der Waals surface area contributed by atoms with Crippen molar-refractivity contribution in [2.24, 2.45) is 0 Å². The summed E-state index contributed by atoms with van der Waals surface area (Å²) in [6.07, 6.45) is 4.40. The van der Waals surface area contributed by atoms with E-state index in [0.717, 1.165) is 18.7 Å². The SMILES string of the molecule is CC(C)NC(=O)CCNCc1cnn(Cc2ccccc2)c1. The van der Waals surface area contributed by atoms with Crippen molar-refractivity contribution >= 4 is 5.91 Å². The Morgan fingerprint density at radius 3 is 2.73 bits per heavy atom. The lowest BCUT2D eigenvalue weighted by Crippen LogP contribution is -2.32. The van der Waals surface area contributed by atoms with Crippen molar-refractivity contribution in [2.45, 2.75) is 39.4 Å². The normalized spacial score (nSPS) is 10.9. The highest BCUT2D eigenvalue weighted by Crippen LogP contribution is 2.03. The molecule has 5 nitrogen and oxygen atoms in total. The standard InChI is InChI=1S/C17H24N4O/c1-14(2)20-17(22)8-9-18-10-16-11-19-21(13-16)12-15-6-4-3-5-7-15/h3-7,11,13-14,18H,8-10,12H2,1-2H3,(H,20,22). The third-order valence-electron chi connectivity index (χ3n) is 3.18. The number of hydrogen-bond donors (Lipinski definition) is 2. The van der Waals surface area contributed by atoms with Gasteiger partial charge in [-0.1, -0.05) is 30.3 Å². The van der Waals surface area contributed by atoms with Crippen molar-refractivity contribution in [3.8, 4) is 0 Å². The largest absolute Gasteiger partial charge is 0.354 e. The van der Waals surface area contributed by atoms with Crippen molar-refractivity contribution in [2.75, 3.05) is 6.54 Å². The predicted octanol–water partition coefficient (Wildman–Crippen LogP) is 1.94. The van der Waals surface area contributed by atoms with Crippen LogP contribution in [-0.4, -0.2) is 28.3 Å². The van der Waals surface area contributed by atoms with Crippen molar-refractivity contribution in [1.82, 2.24) is 20.4 Å². The fourth-order valence-corrected chi connectivity index (χ4v) is 2.18. The summed E-state index contributed by atoms with van der Waals surface area (Å²) in [6.45, 7) is 6.10. The third kappa shape index (κ3) is 5.69. The third-order valence-corrected chi connectivity index (χ3v) is 3.18. The summed E-state index contributed by atoms with van der Waals surface area (Å²) in [5, 5.41) is 10.5. The molecule has 0 radical (unpaired) electrons. The minimum Gasteiger partial charge on any atom is -0.354 e. The zero-order chi connectivity index (χ0) is 15.8. The average molecular weight is 300 g/mol. The molecule has 0 saturated heterocycles. The summed E-state index contributed by atoms with van der Waals surface area (Å²) >= 11 is 0. The van der Waals surface area contributed by atoms with E-state index in [-0.39, 0.29) is 11.9 Å². The van der Waals surface area contributed by atoms with Gasteiger partial charge in [-0.15, -0.1) is 0 Å². The molecule has 0 aliphatic carbocycles. The van der Waals surface area contributed by atoms with E-state index in [1.807, 2.05) is 49.1 Å². The highest BCUT2D eigenvalue weighted by atomic mass is 16.1. The fraction of sp³-hybridized carbons (Fsp3) is 0.412. The van der Waals surface area contributed by atoms with Gasteiger partial charge in [-0.05, 0) is 19.4 Å². The van der Waals surface area contributed by atoms with Crippen LogP contribution in [0.3, 0.4) is 0 Å². The van der Waals surface area contributed by atoms with Crippen molar-refractivity contribution in [3.63, 3.8) is 0 Å². The highest BCUT2D eigenvalue weighted by molar-refractivity contribution is 5.76. The van der Waals surface area contributed by atoms with E-state index in [9.17, 15) is 4.79 Å². The number of benzene rings is 1. The maximum atomic E-state index is 11.5. The number of carbonyl (C=O) groups is 1. The van der Waals surface area contributed by atoms with E-state index >= 15 is 0 Å². The van der Waals surface area contributed by atoms with E-state index in [1.54, 1.807) is 0 Å². The van der Waals surface area contributed by atoms with E-state index in [4.69, 9.17) is 0 Å². The van der Waals surface area contributed by atoms with Gasteiger partial charge in [-0.2, -0.15) is 5.10 Å². The second-order valence-corrected chi connectivity index (χ2v) is 5.68. The second kappa shape index (κ2) is 8.34. The molecule has 0 aliphatic rings. The first-order valence-corrected chi connectivity index (χ1v) is 7.69. The minimum atomic E-state index is 0.0854. The molecule has 1 heterocycles. The number of amides is 1. The van der Waals surface area contributed by atoms with Crippen molar-refractivity contribution in [3.05, 3.63) is 53.9 Å². The topological polar surface area (TPSA) is 59.0 Å². The van der Waals surface area contributed by atoms with E-state index in [0.29, 0.717) is 13.0 Å². The number of carbonyl (C=O) groups excluding carboxylic acids is 1. The Hall–Kier alpha value is -2.14. The van der Waals surface area contributed by atoms with E-state index < -0.39 is 0 Å². The molecule has 118 valence electrons. The highest BCUT2D eigenvalue weighted by Gasteiger charge is 2.03. The lowest BCUT2D eigenvalue weighted by atomic mass is 10.2. The van der Waals surface area contributed by atoms with Crippen LogP contribution in [0.25, 0.3) is 0 Å². The van der Waals surface area contributed by atoms with Gasteiger partial charge in [0.25, 0.3) is 0 Å². The molecule has 22 heavy (non-hydrogen) atoms. The number of nitrogens with zero attached hydrogens (tertiary/aromatic N) is 2. The van der Waals surface area contributed by atoms with Crippen LogP contribution in [0.15, 0.2) is 42.7 Å². The number of rotatable bonds is 8. The molecule has 2 N–H and O–H groups in total. The Morgan fingerprint density at radius 1 is 1.23 bits per heavy atom. The molecule has 0 unspecified atom stereocenters. The van der Waals surface area contributed by atoms with Gasteiger partial charge in [0, 0.05) is 37.3 Å². The maximum absolute atomic E-state index is 11.5. The summed E-state index contributed by atoms with van der Waals surface area (Å²) in [5.74, 6) is 0.0854. The van der Waals surface area contributed by atoms with Gasteiger partial charge < -0.3 is 10.6 Å². The summed E-state index contributed by atoms with van der Waals surface area (Å²) < 4.78 is 1.93. The Balaban J connectivity index is 1.70. The Kier molecular flexibility index (Phi) is 6.15. The van der Waals surface area contributed by atoms with Crippen LogP contribution in [0.5, 0.6) is 0 Å². The zero-order valence-corrected chi connectivity index (χ0v) is 13.2. The first kappa shape index (κ1) is 16.2. The van der Waals surface area contributed by atoms with Gasteiger partial charge >= 0.3 is 0 Å². The molecule has 1 amide bonds. The zero-order valence-electron chi connectivity index (χ0n) is 13.2. The van der Waals surface area contributed by atoms with Gasteiger partial charge in [-0.25, -0.2) is 0 Å². The smallest absolute Gasteiger partial charge is 0.221 e. The molecule has 1 aromatic carbocycles. The molecule has 0 aliphatic heterocycles. The van der Waals surface area contributed by atoms with Crippen molar-refractivity contribution < 1.29 is 4.79 Å². The Bertz CT molecular complexity index is 577. The fourth-order valence-electron chi connectivity index (χ4n) is 2.18. The van der Waals surface area contributed by atoms with Crippen LogP contribution in [0.1, 0.15) is 31.4 Å². The minimum absolute atomic E-state index is 0.0854. The van der Waals surface area contributed by atoms with Crippen LogP contribution in [0.4, 0.5) is 0 Å². The number of aromatic nitrogens is 2. The first-order valence-electron chi connectivity index (χ1n) is 7.69. The average Bonchev–Trinajstić information content (AvgIpc) is 2.91. The molecule has 0 spiro atoms. The van der Waals surface area contributed by atoms with Gasteiger partial charge in [0.05, 0.1) is 12.7 Å². The summed E-state index contributed by atoms with van der Waals surface area (Å²) in [5.41, 5.74) is 2.36. The van der Waals surface area contributed by atoms with Crippen LogP contribution in [-0.2, 0) is 17.9 Å². The summed E-state index contributed by atoms with van der Waals surface area (Å²) in [7, 11) is 0. The predicted molar refractivity (Wildman–Crippen MR) is 87.4 cm³/mol. The van der Waals surface area contributed by atoms with Crippen molar-refractivity contribution in [1.29, 1.82) is 0 Å². The van der Waals surface area contributed by atoms with Crippen LogP contribution < -0.4 is 10.6 Å². The van der Waals surface area contributed by atoms with Gasteiger partial charge in [0.2, 0.25) is 5.91 Å². The monoisotopic (exact) mass is 300 g/mol. The molecule has 5 heteroatoms. The van der Waals surface area contributed by atoms with Crippen LogP contribution >= 0.6 is 0 Å².